The molecule has 2 aromatic rings. The van der Waals surface area contributed by atoms with Crippen LogP contribution < -0.4 is 27.0 Å². The smallest absolute Gasteiger partial charge is 0.246 e. The van der Waals surface area contributed by atoms with E-state index in [1.807, 2.05) is 62.4 Å². The first-order valence-corrected chi connectivity index (χ1v) is 7.59. The lowest BCUT2D eigenvalue weighted by Crippen LogP contribution is -2.47. The molecule has 1 saturated heterocycles. The standard InChI is InChI=1S/C17H21N5O/c1-11-8-9-14(10-12(11)2)19-17(23)15-16(21-22-20-15)18-13-6-4-3-5-7-13/h3-10,15-16,18,20-22H,1-2H3,(H,19,23). The van der Waals surface area contributed by atoms with E-state index in [1.54, 1.807) is 0 Å². The molecule has 2 aromatic carbocycles. The summed E-state index contributed by atoms with van der Waals surface area (Å²) < 4.78 is 0. The topological polar surface area (TPSA) is 77.2 Å². The molecular weight excluding hydrogens is 290 g/mol. The van der Waals surface area contributed by atoms with E-state index in [2.05, 4.69) is 27.0 Å². The summed E-state index contributed by atoms with van der Waals surface area (Å²) >= 11 is 0. The maximum atomic E-state index is 12.5. The van der Waals surface area contributed by atoms with E-state index in [9.17, 15) is 4.79 Å². The van der Waals surface area contributed by atoms with Crippen molar-refractivity contribution in [2.75, 3.05) is 10.6 Å². The lowest BCUT2D eigenvalue weighted by molar-refractivity contribution is -0.118. The van der Waals surface area contributed by atoms with Gasteiger partial charge in [-0.15, -0.1) is 0 Å². The summed E-state index contributed by atoms with van der Waals surface area (Å²) in [7, 11) is 0. The van der Waals surface area contributed by atoms with E-state index in [-0.39, 0.29) is 12.1 Å². The Balaban J connectivity index is 1.67. The Bertz CT molecular complexity index is 689. The number of benzene rings is 2. The summed E-state index contributed by atoms with van der Waals surface area (Å²) in [6.07, 6.45) is -0.260. The van der Waals surface area contributed by atoms with Gasteiger partial charge in [0.1, 0.15) is 12.2 Å². The number of nitrogens with one attached hydrogen (secondary N) is 5. The molecule has 6 nitrogen and oxygen atoms in total. The summed E-state index contributed by atoms with van der Waals surface area (Å²) in [6.45, 7) is 4.08. The predicted molar refractivity (Wildman–Crippen MR) is 91.6 cm³/mol. The number of hydrogen-bond acceptors (Lipinski definition) is 5. The Morgan fingerprint density at radius 3 is 2.48 bits per heavy atom. The van der Waals surface area contributed by atoms with Gasteiger partial charge in [-0.1, -0.05) is 24.3 Å². The van der Waals surface area contributed by atoms with Crippen LogP contribution in [0.15, 0.2) is 48.5 Å². The minimum Gasteiger partial charge on any atom is -0.367 e. The zero-order valence-corrected chi connectivity index (χ0v) is 13.2. The highest BCUT2D eigenvalue weighted by atomic mass is 16.2. The maximum Gasteiger partial charge on any atom is 0.246 e. The molecule has 1 heterocycles. The molecule has 2 unspecified atom stereocenters. The zero-order chi connectivity index (χ0) is 16.2. The number of hydrazine groups is 2. The van der Waals surface area contributed by atoms with E-state index in [0.29, 0.717) is 0 Å². The highest BCUT2D eigenvalue weighted by molar-refractivity contribution is 5.95. The van der Waals surface area contributed by atoms with Gasteiger partial charge >= 0.3 is 0 Å². The van der Waals surface area contributed by atoms with Crippen molar-refractivity contribution in [3.63, 3.8) is 0 Å². The van der Waals surface area contributed by atoms with Gasteiger partial charge in [-0.05, 0) is 49.2 Å². The van der Waals surface area contributed by atoms with Gasteiger partial charge in [-0.25, -0.2) is 10.9 Å². The van der Waals surface area contributed by atoms with Gasteiger partial charge in [0.2, 0.25) is 5.91 Å². The molecule has 120 valence electrons. The Morgan fingerprint density at radius 2 is 1.74 bits per heavy atom. The Morgan fingerprint density at radius 1 is 0.957 bits per heavy atom. The van der Waals surface area contributed by atoms with Gasteiger partial charge in [-0.3, -0.25) is 4.79 Å². The summed E-state index contributed by atoms with van der Waals surface area (Å²) in [5.74, 6) is -0.112. The quantitative estimate of drug-likeness (QED) is 0.594. The Kier molecular flexibility index (Phi) is 4.57. The van der Waals surface area contributed by atoms with Gasteiger partial charge < -0.3 is 10.6 Å². The molecular formula is C17H21N5O. The molecule has 0 spiro atoms. The van der Waals surface area contributed by atoms with E-state index >= 15 is 0 Å². The number of carbonyl (C=O) groups excluding carboxylic acids is 1. The number of carbonyl (C=O) groups is 1. The molecule has 1 aliphatic heterocycles. The first-order chi connectivity index (χ1) is 11.1. The fraction of sp³-hybridized carbons (Fsp3) is 0.235. The molecule has 0 saturated carbocycles. The molecule has 1 aliphatic rings. The highest BCUT2D eigenvalue weighted by Gasteiger charge is 2.32. The monoisotopic (exact) mass is 311 g/mol. The van der Waals surface area contributed by atoms with Crippen molar-refractivity contribution in [3.8, 4) is 0 Å². The van der Waals surface area contributed by atoms with Crippen molar-refractivity contribution < 1.29 is 4.79 Å². The maximum absolute atomic E-state index is 12.5. The lowest BCUT2D eigenvalue weighted by Gasteiger charge is -2.20. The third-order valence-corrected chi connectivity index (χ3v) is 3.94. The Labute approximate surface area is 135 Å². The van der Waals surface area contributed by atoms with E-state index in [1.165, 1.54) is 5.56 Å². The van der Waals surface area contributed by atoms with Crippen LogP contribution in [0.1, 0.15) is 11.1 Å². The van der Waals surface area contributed by atoms with E-state index in [0.717, 1.165) is 16.9 Å². The van der Waals surface area contributed by atoms with Crippen LogP contribution in [-0.2, 0) is 4.79 Å². The number of hydrogen-bond donors (Lipinski definition) is 5. The van der Waals surface area contributed by atoms with E-state index < -0.39 is 6.04 Å². The Hall–Kier alpha value is -2.41. The molecule has 6 heteroatoms. The fourth-order valence-corrected chi connectivity index (χ4v) is 2.45. The molecule has 3 rings (SSSR count). The molecule has 5 N–H and O–H groups in total. The second-order valence-corrected chi connectivity index (χ2v) is 5.67. The van der Waals surface area contributed by atoms with Crippen LogP contribution in [0.25, 0.3) is 0 Å². The summed E-state index contributed by atoms with van der Waals surface area (Å²) in [6, 6.07) is 15.2. The zero-order valence-electron chi connectivity index (χ0n) is 13.2. The van der Waals surface area contributed by atoms with Gasteiger partial charge in [0.15, 0.2) is 0 Å². The SMILES string of the molecule is Cc1ccc(NC(=O)C2NNNC2Nc2ccccc2)cc1C. The summed E-state index contributed by atoms with van der Waals surface area (Å²) in [5, 5.41) is 6.23. The average molecular weight is 311 g/mol. The normalized spacial score (nSPS) is 20.3. The average Bonchev–Trinajstić information content (AvgIpc) is 3.00. The van der Waals surface area contributed by atoms with Crippen molar-refractivity contribution in [1.29, 1.82) is 0 Å². The number of anilines is 2. The van der Waals surface area contributed by atoms with Crippen LogP contribution in [0.2, 0.25) is 0 Å². The third kappa shape index (κ3) is 3.68. The first kappa shape index (κ1) is 15.5. The van der Waals surface area contributed by atoms with Crippen LogP contribution in [0.4, 0.5) is 11.4 Å². The van der Waals surface area contributed by atoms with E-state index in [4.69, 9.17) is 0 Å². The molecule has 0 bridgehead atoms. The third-order valence-electron chi connectivity index (χ3n) is 3.94. The van der Waals surface area contributed by atoms with Crippen LogP contribution in [0.5, 0.6) is 0 Å². The minimum atomic E-state index is -0.447. The van der Waals surface area contributed by atoms with Crippen molar-refractivity contribution in [2.24, 2.45) is 0 Å². The van der Waals surface area contributed by atoms with Crippen LogP contribution in [0, 0.1) is 13.8 Å². The molecule has 0 aliphatic carbocycles. The molecule has 0 aromatic heterocycles. The van der Waals surface area contributed by atoms with Gasteiger partial charge in [0.25, 0.3) is 0 Å². The van der Waals surface area contributed by atoms with Gasteiger partial charge in [-0.2, -0.15) is 5.53 Å². The number of aryl methyl sites for hydroxylation is 2. The largest absolute Gasteiger partial charge is 0.367 e. The predicted octanol–water partition coefficient (Wildman–Crippen LogP) is 1.66. The number of amides is 1. The summed E-state index contributed by atoms with van der Waals surface area (Å²) in [5.41, 5.74) is 12.8. The summed E-state index contributed by atoms with van der Waals surface area (Å²) in [4.78, 5) is 12.5. The fourth-order valence-electron chi connectivity index (χ4n) is 2.45. The molecule has 0 radical (unpaired) electrons. The highest BCUT2D eigenvalue weighted by Crippen LogP contribution is 2.15. The second kappa shape index (κ2) is 6.78. The molecule has 1 amide bonds. The van der Waals surface area contributed by atoms with Crippen LogP contribution >= 0.6 is 0 Å². The first-order valence-electron chi connectivity index (χ1n) is 7.59. The van der Waals surface area contributed by atoms with Crippen molar-refractivity contribution in [2.45, 2.75) is 26.1 Å². The second-order valence-electron chi connectivity index (χ2n) is 5.67. The molecule has 23 heavy (non-hydrogen) atoms. The minimum absolute atomic E-state index is 0.112. The molecule has 1 fully saturated rings. The van der Waals surface area contributed by atoms with Crippen LogP contribution in [0.3, 0.4) is 0 Å². The lowest BCUT2D eigenvalue weighted by atomic mass is 10.1. The van der Waals surface area contributed by atoms with Crippen molar-refractivity contribution in [1.82, 2.24) is 16.4 Å². The van der Waals surface area contributed by atoms with Crippen molar-refractivity contribution in [3.05, 3.63) is 59.7 Å². The molecule has 2 atom stereocenters. The number of rotatable bonds is 4. The number of para-hydroxylation sites is 1. The van der Waals surface area contributed by atoms with Crippen LogP contribution in [-0.4, -0.2) is 18.1 Å². The van der Waals surface area contributed by atoms with Gasteiger partial charge in [0, 0.05) is 11.4 Å². The van der Waals surface area contributed by atoms with Crippen molar-refractivity contribution >= 4 is 17.3 Å². The van der Waals surface area contributed by atoms with Gasteiger partial charge in [0.05, 0.1) is 0 Å².